The Balaban J connectivity index is 2.29. The number of nitrogens with one attached hydrogen (secondary N) is 1. The van der Waals surface area contributed by atoms with Crippen LogP contribution in [-0.4, -0.2) is 32.6 Å². The van der Waals surface area contributed by atoms with Crippen LogP contribution < -0.4 is 5.32 Å². The zero-order chi connectivity index (χ0) is 12.7. The van der Waals surface area contributed by atoms with Gasteiger partial charge >= 0.3 is 0 Å². The zero-order valence-corrected chi connectivity index (χ0v) is 11.4. The summed E-state index contributed by atoms with van der Waals surface area (Å²) in [5, 5.41) is 17.2. The summed E-state index contributed by atoms with van der Waals surface area (Å²) in [6.45, 7) is 4.79. The first-order chi connectivity index (χ1) is 8.11. The van der Waals surface area contributed by atoms with Crippen molar-refractivity contribution >= 4 is 11.8 Å². The predicted molar refractivity (Wildman–Crippen MR) is 68.7 cm³/mol. The molecule has 1 N–H and O–H groups in total. The van der Waals surface area contributed by atoms with Gasteiger partial charge in [-0.15, -0.1) is 0 Å². The lowest BCUT2D eigenvalue weighted by Crippen LogP contribution is -2.40. The summed E-state index contributed by atoms with van der Waals surface area (Å²) >= 11 is 1.68. The minimum atomic E-state index is -0.408. The van der Waals surface area contributed by atoms with E-state index in [1.165, 1.54) is 0 Å². The van der Waals surface area contributed by atoms with E-state index in [0.29, 0.717) is 0 Å². The van der Waals surface area contributed by atoms with Crippen molar-refractivity contribution in [3.05, 3.63) is 6.33 Å². The normalized spacial score (nSPS) is 14.2. The highest BCUT2D eigenvalue weighted by Gasteiger charge is 2.21. The zero-order valence-electron chi connectivity index (χ0n) is 10.6. The highest BCUT2D eigenvalue weighted by atomic mass is 32.2. The van der Waals surface area contributed by atoms with Crippen LogP contribution in [0, 0.1) is 11.3 Å². The fourth-order valence-corrected chi connectivity index (χ4v) is 2.41. The summed E-state index contributed by atoms with van der Waals surface area (Å²) in [6.07, 6.45) is 3.39. The van der Waals surface area contributed by atoms with Gasteiger partial charge in [-0.2, -0.15) is 10.4 Å². The van der Waals surface area contributed by atoms with Gasteiger partial charge in [0.2, 0.25) is 0 Å². The Kier molecular flexibility index (Phi) is 5.45. The maximum absolute atomic E-state index is 9.10. The van der Waals surface area contributed by atoms with E-state index < -0.39 is 5.54 Å². The van der Waals surface area contributed by atoms with Gasteiger partial charge in [-0.1, -0.05) is 18.7 Å². The lowest BCUT2D eigenvalue weighted by Gasteiger charge is -2.21. The third kappa shape index (κ3) is 4.36. The number of aryl methyl sites for hydroxylation is 1. The van der Waals surface area contributed by atoms with E-state index in [2.05, 4.69) is 21.5 Å². The molecule has 0 aliphatic carbocycles. The van der Waals surface area contributed by atoms with Gasteiger partial charge in [-0.05, 0) is 26.3 Å². The Morgan fingerprint density at radius 2 is 2.41 bits per heavy atom. The first kappa shape index (κ1) is 14.0. The minimum absolute atomic E-state index is 0.408. The number of hydrogen-bond acceptors (Lipinski definition) is 5. The van der Waals surface area contributed by atoms with E-state index in [0.717, 1.165) is 30.3 Å². The summed E-state index contributed by atoms with van der Waals surface area (Å²) in [6, 6.07) is 2.33. The molecule has 0 fully saturated rings. The molecule has 1 aromatic rings. The molecule has 5 nitrogen and oxygen atoms in total. The third-order valence-corrected chi connectivity index (χ3v) is 3.66. The molecule has 1 heterocycles. The van der Waals surface area contributed by atoms with E-state index in [9.17, 15) is 0 Å². The molecular weight excluding hydrogens is 234 g/mol. The highest BCUT2D eigenvalue weighted by molar-refractivity contribution is 7.99. The summed E-state index contributed by atoms with van der Waals surface area (Å²) in [5.74, 6) is 0.954. The summed E-state index contributed by atoms with van der Waals surface area (Å²) in [7, 11) is 1.88. The lowest BCUT2D eigenvalue weighted by atomic mass is 9.98. The Morgan fingerprint density at radius 1 is 1.65 bits per heavy atom. The summed E-state index contributed by atoms with van der Waals surface area (Å²) < 4.78 is 1.76. The maximum atomic E-state index is 9.10. The van der Waals surface area contributed by atoms with E-state index in [4.69, 9.17) is 5.26 Å². The van der Waals surface area contributed by atoms with Crippen LogP contribution in [0.1, 0.15) is 26.7 Å². The molecule has 0 aliphatic rings. The predicted octanol–water partition coefficient (Wildman–Crippen LogP) is 1.58. The Labute approximate surface area is 107 Å². The number of nitriles is 1. The fourth-order valence-electron chi connectivity index (χ4n) is 1.58. The third-order valence-electron chi connectivity index (χ3n) is 2.54. The van der Waals surface area contributed by atoms with Gasteiger partial charge in [0.15, 0.2) is 5.16 Å². The molecule has 0 radical (unpaired) electrons. The Hall–Kier alpha value is -1.06. The number of rotatable bonds is 7. The second-order valence-corrected chi connectivity index (χ2v) is 5.15. The Bertz CT molecular complexity index is 383. The molecule has 0 saturated heterocycles. The largest absolute Gasteiger partial charge is 0.300 e. The van der Waals surface area contributed by atoms with E-state index >= 15 is 0 Å². The van der Waals surface area contributed by atoms with Crippen molar-refractivity contribution in [2.24, 2.45) is 7.05 Å². The fraction of sp³-hybridized carbons (Fsp3) is 0.727. The molecular formula is C11H19N5S. The molecule has 0 aliphatic heterocycles. The molecule has 17 heavy (non-hydrogen) atoms. The standard InChI is InChI=1S/C11H19N5S/c1-4-14-11(2,8-12)6-5-7-17-10-13-9-15-16(10)3/h9,14H,4-7H2,1-3H3. The average molecular weight is 253 g/mol. The van der Waals surface area contributed by atoms with Crippen LogP contribution in [0.5, 0.6) is 0 Å². The quantitative estimate of drug-likeness (QED) is 0.590. The van der Waals surface area contributed by atoms with Crippen molar-refractivity contribution in [3.8, 4) is 6.07 Å². The van der Waals surface area contributed by atoms with Crippen LogP contribution >= 0.6 is 11.8 Å². The van der Waals surface area contributed by atoms with Crippen LogP contribution in [0.4, 0.5) is 0 Å². The minimum Gasteiger partial charge on any atom is -0.300 e. The van der Waals surface area contributed by atoms with Crippen molar-refractivity contribution in [2.45, 2.75) is 37.4 Å². The van der Waals surface area contributed by atoms with Crippen LogP contribution in [0.2, 0.25) is 0 Å². The van der Waals surface area contributed by atoms with Crippen LogP contribution in [0.3, 0.4) is 0 Å². The SMILES string of the molecule is CCNC(C)(C#N)CCCSc1ncnn1C. The van der Waals surface area contributed by atoms with Gasteiger partial charge in [0.1, 0.15) is 11.9 Å². The number of aromatic nitrogens is 3. The molecule has 0 spiro atoms. The van der Waals surface area contributed by atoms with Gasteiger partial charge in [-0.25, -0.2) is 9.67 Å². The molecule has 1 atom stereocenters. The topological polar surface area (TPSA) is 66.5 Å². The molecule has 6 heteroatoms. The van der Waals surface area contributed by atoms with E-state index in [1.807, 2.05) is 20.9 Å². The van der Waals surface area contributed by atoms with Gasteiger partial charge < -0.3 is 0 Å². The lowest BCUT2D eigenvalue weighted by molar-refractivity contribution is 0.426. The molecule has 0 bridgehead atoms. The molecule has 0 aromatic carbocycles. The second-order valence-electron chi connectivity index (χ2n) is 4.09. The highest BCUT2D eigenvalue weighted by Crippen LogP contribution is 2.18. The average Bonchev–Trinajstić information content (AvgIpc) is 2.71. The molecule has 0 saturated carbocycles. The second kappa shape index (κ2) is 6.62. The van der Waals surface area contributed by atoms with Crippen LogP contribution in [0.25, 0.3) is 0 Å². The summed E-state index contributed by atoms with van der Waals surface area (Å²) in [4.78, 5) is 4.14. The molecule has 0 amide bonds. The van der Waals surface area contributed by atoms with Crippen molar-refractivity contribution in [3.63, 3.8) is 0 Å². The number of thioether (sulfide) groups is 1. The molecule has 1 unspecified atom stereocenters. The molecule has 1 rings (SSSR count). The monoisotopic (exact) mass is 253 g/mol. The molecule has 94 valence electrons. The van der Waals surface area contributed by atoms with Crippen LogP contribution in [-0.2, 0) is 7.05 Å². The van der Waals surface area contributed by atoms with Crippen molar-refractivity contribution < 1.29 is 0 Å². The first-order valence-electron chi connectivity index (χ1n) is 5.74. The maximum Gasteiger partial charge on any atom is 0.185 e. The van der Waals surface area contributed by atoms with Crippen molar-refractivity contribution in [2.75, 3.05) is 12.3 Å². The van der Waals surface area contributed by atoms with E-state index in [1.54, 1.807) is 22.8 Å². The molecule has 1 aromatic heterocycles. The van der Waals surface area contributed by atoms with Crippen molar-refractivity contribution in [1.82, 2.24) is 20.1 Å². The van der Waals surface area contributed by atoms with Gasteiger partial charge in [0.05, 0.1) is 6.07 Å². The van der Waals surface area contributed by atoms with Gasteiger partial charge in [0, 0.05) is 12.8 Å². The summed E-state index contributed by atoms with van der Waals surface area (Å²) in [5.41, 5.74) is -0.408. The van der Waals surface area contributed by atoms with Gasteiger partial charge in [-0.3, -0.25) is 5.32 Å². The number of nitrogens with zero attached hydrogens (tertiary/aromatic N) is 4. The first-order valence-corrected chi connectivity index (χ1v) is 6.73. The number of hydrogen-bond donors (Lipinski definition) is 1. The smallest absolute Gasteiger partial charge is 0.185 e. The Morgan fingerprint density at radius 3 is 2.94 bits per heavy atom. The van der Waals surface area contributed by atoms with E-state index in [-0.39, 0.29) is 0 Å². The van der Waals surface area contributed by atoms with Crippen molar-refractivity contribution in [1.29, 1.82) is 5.26 Å². The van der Waals surface area contributed by atoms with Crippen LogP contribution in [0.15, 0.2) is 11.5 Å². The van der Waals surface area contributed by atoms with Gasteiger partial charge in [0.25, 0.3) is 0 Å².